The van der Waals surface area contributed by atoms with Gasteiger partial charge in [0.1, 0.15) is 6.61 Å². The van der Waals surface area contributed by atoms with Crippen LogP contribution in [0.4, 0.5) is 17.6 Å². The Morgan fingerprint density at radius 2 is 1.89 bits per heavy atom. The fraction of sp³-hybridized carbons (Fsp3) is 1.00. The van der Waals surface area contributed by atoms with Crippen LogP contribution in [0.2, 0.25) is 0 Å². The molecule has 1 N–H and O–H groups in total. The van der Waals surface area contributed by atoms with Crippen LogP contribution >= 0.6 is 0 Å². The van der Waals surface area contributed by atoms with Gasteiger partial charge in [0.25, 0.3) is 0 Å². The van der Waals surface area contributed by atoms with Crippen LogP contribution in [0, 0.1) is 5.92 Å². The maximum absolute atomic E-state index is 12.5. The van der Waals surface area contributed by atoms with Crippen LogP contribution < -0.4 is 0 Å². The normalized spacial score (nSPS) is 20.3. The van der Waals surface area contributed by atoms with E-state index in [1.165, 1.54) is 0 Å². The van der Waals surface area contributed by atoms with Crippen molar-refractivity contribution in [2.75, 3.05) is 26.4 Å². The van der Waals surface area contributed by atoms with Crippen LogP contribution in [-0.2, 0) is 9.47 Å². The molecule has 3 nitrogen and oxygen atoms in total. The number of aliphatic hydroxyl groups is 1. The molecule has 0 aromatic rings. The third kappa shape index (κ3) is 5.49. The average Bonchev–Trinajstić information content (AvgIpc) is 2.29. The lowest BCUT2D eigenvalue weighted by atomic mass is 9.94. The molecule has 0 radical (unpaired) electrons. The first kappa shape index (κ1) is 15.7. The second kappa shape index (κ2) is 7.25. The van der Waals surface area contributed by atoms with E-state index >= 15 is 0 Å². The Morgan fingerprint density at radius 3 is 2.44 bits per heavy atom. The Kier molecular flexibility index (Phi) is 6.31. The Bertz CT molecular complexity index is 232. The predicted molar refractivity (Wildman–Crippen MR) is 55.9 cm³/mol. The molecule has 18 heavy (non-hydrogen) atoms. The molecule has 0 aliphatic carbocycles. The van der Waals surface area contributed by atoms with E-state index in [0.717, 1.165) is 12.8 Å². The maximum atomic E-state index is 12.5. The molecule has 0 spiro atoms. The molecule has 1 fully saturated rings. The number of halogens is 4. The van der Waals surface area contributed by atoms with E-state index < -0.39 is 25.1 Å². The third-order valence-corrected chi connectivity index (χ3v) is 2.87. The lowest BCUT2D eigenvalue weighted by Gasteiger charge is -2.24. The molecule has 1 aliphatic rings. The van der Waals surface area contributed by atoms with E-state index in [-0.39, 0.29) is 12.5 Å². The van der Waals surface area contributed by atoms with Crippen LogP contribution in [-0.4, -0.2) is 50.0 Å². The molecule has 0 amide bonds. The van der Waals surface area contributed by atoms with Crippen molar-refractivity contribution in [2.45, 2.75) is 37.7 Å². The molecule has 0 saturated carbocycles. The molecular formula is C11H18F4O3. The van der Waals surface area contributed by atoms with Crippen molar-refractivity contribution in [2.24, 2.45) is 5.92 Å². The molecule has 1 unspecified atom stereocenters. The number of hydrogen-bond acceptors (Lipinski definition) is 3. The summed E-state index contributed by atoms with van der Waals surface area (Å²) in [6.45, 7) is -0.460. The van der Waals surface area contributed by atoms with Crippen molar-refractivity contribution in [3.63, 3.8) is 0 Å². The number of aliphatic hydroxyl groups excluding tert-OH is 1. The van der Waals surface area contributed by atoms with Crippen LogP contribution in [0.3, 0.4) is 0 Å². The molecule has 0 bridgehead atoms. The van der Waals surface area contributed by atoms with Gasteiger partial charge in [-0.1, -0.05) is 0 Å². The minimum atomic E-state index is -4.15. The highest BCUT2D eigenvalue weighted by molar-refractivity contribution is 4.70. The quantitative estimate of drug-likeness (QED) is 0.722. The lowest BCUT2D eigenvalue weighted by Crippen LogP contribution is -2.34. The molecular weight excluding hydrogens is 256 g/mol. The fourth-order valence-electron chi connectivity index (χ4n) is 1.83. The first-order valence-electron chi connectivity index (χ1n) is 5.91. The van der Waals surface area contributed by atoms with Gasteiger partial charge in [-0.25, -0.2) is 8.78 Å². The van der Waals surface area contributed by atoms with Crippen molar-refractivity contribution in [3.8, 4) is 0 Å². The summed E-state index contributed by atoms with van der Waals surface area (Å²) in [5.41, 5.74) is 0. The van der Waals surface area contributed by atoms with E-state index in [9.17, 15) is 22.7 Å². The zero-order chi connectivity index (χ0) is 13.6. The van der Waals surface area contributed by atoms with Gasteiger partial charge in [-0.3, -0.25) is 0 Å². The van der Waals surface area contributed by atoms with Crippen LogP contribution in [0.25, 0.3) is 0 Å². The lowest BCUT2D eigenvalue weighted by molar-refractivity contribution is -0.171. The minimum absolute atomic E-state index is 0.271. The Balaban J connectivity index is 2.14. The van der Waals surface area contributed by atoms with Gasteiger partial charge in [0.05, 0.1) is 12.7 Å². The molecule has 1 rings (SSSR count). The number of alkyl halides is 4. The van der Waals surface area contributed by atoms with Gasteiger partial charge in [-0.05, 0) is 25.2 Å². The van der Waals surface area contributed by atoms with Gasteiger partial charge in [0.2, 0.25) is 0 Å². The van der Waals surface area contributed by atoms with E-state index in [2.05, 4.69) is 4.74 Å². The summed E-state index contributed by atoms with van der Waals surface area (Å²) < 4.78 is 58.2. The van der Waals surface area contributed by atoms with Crippen LogP contribution in [0.5, 0.6) is 0 Å². The summed E-state index contributed by atoms with van der Waals surface area (Å²) in [5.74, 6) is -3.88. The van der Waals surface area contributed by atoms with Crippen molar-refractivity contribution in [1.82, 2.24) is 0 Å². The standard InChI is InChI=1S/C11H18F4O3/c12-10(13)11(14,15)7-18-6-9(16)5-8-1-3-17-4-2-8/h8-10,16H,1-7H2. The van der Waals surface area contributed by atoms with Crippen LogP contribution in [0.1, 0.15) is 19.3 Å². The highest BCUT2D eigenvalue weighted by Crippen LogP contribution is 2.24. The number of rotatable bonds is 7. The molecule has 1 aliphatic heterocycles. The van der Waals surface area contributed by atoms with Gasteiger partial charge >= 0.3 is 12.3 Å². The maximum Gasteiger partial charge on any atom is 0.330 e. The Hall–Kier alpha value is -0.400. The summed E-state index contributed by atoms with van der Waals surface area (Å²) in [7, 11) is 0. The zero-order valence-electron chi connectivity index (χ0n) is 9.96. The third-order valence-electron chi connectivity index (χ3n) is 2.87. The Morgan fingerprint density at radius 1 is 1.28 bits per heavy atom. The monoisotopic (exact) mass is 274 g/mol. The predicted octanol–water partition coefficient (Wildman–Crippen LogP) is 2.08. The van der Waals surface area contributed by atoms with Gasteiger partial charge in [0.15, 0.2) is 0 Å². The van der Waals surface area contributed by atoms with Gasteiger partial charge in [-0.15, -0.1) is 0 Å². The molecule has 0 aromatic carbocycles. The molecule has 0 aromatic heterocycles. The van der Waals surface area contributed by atoms with Crippen molar-refractivity contribution in [1.29, 1.82) is 0 Å². The number of hydrogen-bond donors (Lipinski definition) is 1. The summed E-state index contributed by atoms with van der Waals surface area (Å²) in [5, 5.41) is 9.54. The van der Waals surface area contributed by atoms with E-state index in [4.69, 9.17) is 4.74 Å². The van der Waals surface area contributed by atoms with Crippen molar-refractivity contribution in [3.05, 3.63) is 0 Å². The zero-order valence-corrected chi connectivity index (χ0v) is 9.96. The van der Waals surface area contributed by atoms with Crippen LogP contribution in [0.15, 0.2) is 0 Å². The molecule has 1 saturated heterocycles. The second-order valence-corrected chi connectivity index (χ2v) is 4.52. The summed E-state index contributed by atoms with van der Waals surface area (Å²) in [6.07, 6.45) is -2.61. The minimum Gasteiger partial charge on any atom is -0.391 e. The smallest absolute Gasteiger partial charge is 0.330 e. The van der Waals surface area contributed by atoms with E-state index in [0.29, 0.717) is 19.6 Å². The second-order valence-electron chi connectivity index (χ2n) is 4.52. The molecule has 1 heterocycles. The molecule has 108 valence electrons. The van der Waals surface area contributed by atoms with Gasteiger partial charge in [-0.2, -0.15) is 8.78 Å². The van der Waals surface area contributed by atoms with E-state index in [1.54, 1.807) is 0 Å². The average molecular weight is 274 g/mol. The summed E-state index contributed by atoms with van der Waals surface area (Å²) in [6, 6.07) is 0. The fourth-order valence-corrected chi connectivity index (χ4v) is 1.83. The van der Waals surface area contributed by atoms with Gasteiger partial charge in [0, 0.05) is 13.2 Å². The summed E-state index contributed by atoms with van der Waals surface area (Å²) >= 11 is 0. The molecule has 1 atom stereocenters. The summed E-state index contributed by atoms with van der Waals surface area (Å²) in [4.78, 5) is 0. The number of ether oxygens (including phenoxy) is 2. The highest BCUT2D eigenvalue weighted by Gasteiger charge is 2.41. The van der Waals surface area contributed by atoms with E-state index in [1.807, 2.05) is 0 Å². The first-order chi connectivity index (χ1) is 8.42. The largest absolute Gasteiger partial charge is 0.391 e. The SMILES string of the molecule is OC(COCC(F)(F)C(F)F)CC1CCOCC1. The van der Waals surface area contributed by atoms with Gasteiger partial charge < -0.3 is 14.6 Å². The topological polar surface area (TPSA) is 38.7 Å². The van der Waals surface area contributed by atoms with Crippen molar-refractivity contribution < 1.29 is 32.1 Å². The Labute approximate surface area is 103 Å². The van der Waals surface area contributed by atoms with Crippen molar-refractivity contribution >= 4 is 0 Å². The first-order valence-corrected chi connectivity index (χ1v) is 5.91. The molecule has 7 heteroatoms. The highest BCUT2D eigenvalue weighted by atomic mass is 19.3.